The second-order valence-electron chi connectivity index (χ2n) is 21.8. The van der Waals surface area contributed by atoms with E-state index in [1.807, 2.05) is 0 Å². The van der Waals surface area contributed by atoms with E-state index >= 15 is 0 Å². The molecule has 0 rings (SSSR count). The van der Waals surface area contributed by atoms with Crippen molar-refractivity contribution in [1.82, 2.24) is 0 Å². The highest BCUT2D eigenvalue weighted by Gasteiger charge is 2.19. The van der Waals surface area contributed by atoms with Crippen LogP contribution in [0.15, 0.2) is 0 Å². The first-order valence-corrected chi connectivity index (χ1v) is 30.9. The third-order valence-electron chi connectivity index (χ3n) is 14.3. The number of esters is 3. The molecular formula is C62H120O6. The highest BCUT2D eigenvalue weighted by molar-refractivity contribution is 5.71. The van der Waals surface area contributed by atoms with Gasteiger partial charge in [0, 0.05) is 19.3 Å². The van der Waals surface area contributed by atoms with Crippen molar-refractivity contribution in [1.29, 1.82) is 0 Å². The molecule has 0 aliphatic rings. The molecule has 0 aromatic rings. The van der Waals surface area contributed by atoms with Crippen molar-refractivity contribution >= 4 is 17.9 Å². The molecule has 0 N–H and O–H groups in total. The van der Waals surface area contributed by atoms with Gasteiger partial charge in [-0.2, -0.15) is 0 Å². The molecule has 0 heterocycles. The van der Waals surface area contributed by atoms with Crippen LogP contribution in [0, 0.1) is 5.92 Å². The van der Waals surface area contributed by atoms with E-state index in [9.17, 15) is 14.4 Å². The topological polar surface area (TPSA) is 78.9 Å². The Bertz CT molecular complexity index is 1030. The van der Waals surface area contributed by atoms with E-state index in [1.54, 1.807) is 0 Å². The SMILES string of the molecule is CCCCCCCCCCCCCCCCCCCCC(=O)OC[C@H](COC(=O)CCCCCCCCCCCCCCC)OC(=O)CCCCCCCCCCCCCCCCCCC(C)C. The molecule has 404 valence electrons. The molecule has 0 bridgehead atoms. The number of hydrogen-bond donors (Lipinski definition) is 0. The largest absolute Gasteiger partial charge is 0.462 e. The first kappa shape index (κ1) is 66.4. The van der Waals surface area contributed by atoms with Gasteiger partial charge in [0.25, 0.3) is 0 Å². The number of rotatable bonds is 57. The standard InChI is InChI=1S/C62H120O6/c1-5-7-9-11-13-15-17-19-20-21-22-26-30-34-38-42-46-50-54-61(64)67-57-59(56-66-60(63)53-49-45-41-37-33-28-18-16-14-12-10-8-6-2)68-62(65)55-51-47-43-39-35-31-27-24-23-25-29-32-36-40-44-48-52-58(3)4/h58-59H,5-57H2,1-4H3/t59-/m0/s1. The third-order valence-corrected chi connectivity index (χ3v) is 14.3. The Morgan fingerprint density at radius 3 is 0.721 bits per heavy atom. The van der Waals surface area contributed by atoms with Gasteiger partial charge >= 0.3 is 17.9 Å². The van der Waals surface area contributed by atoms with E-state index in [-0.39, 0.29) is 31.1 Å². The van der Waals surface area contributed by atoms with E-state index < -0.39 is 6.10 Å². The summed E-state index contributed by atoms with van der Waals surface area (Å²) in [7, 11) is 0. The van der Waals surface area contributed by atoms with Gasteiger partial charge in [0.05, 0.1) is 0 Å². The molecule has 0 aliphatic heterocycles. The van der Waals surface area contributed by atoms with Crippen molar-refractivity contribution in [3.8, 4) is 0 Å². The Labute approximate surface area is 425 Å². The molecular weight excluding hydrogens is 841 g/mol. The molecule has 0 radical (unpaired) electrons. The van der Waals surface area contributed by atoms with Gasteiger partial charge in [0.2, 0.25) is 0 Å². The minimum atomic E-state index is -0.762. The quantitative estimate of drug-likeness (QED) is 0.0343. The molecule has 0 aromatic heterocycles. The molecule has 6 heteroatoms. The van der Waals surface area contributed by atoms with Crippen molar-refractivity contribution in [2.75, 3.05) is 13.2 Å². The zero-order valence-electron chi connectivity index (χ0n) is 46.6. The summed E-state index contributed by atoms with van der Waals surface area (Å²) >= 11 is 0. The van der Waals surface area contributed by atoms with Crippen molar-refractivity contribution in [3.05, 3.63) is 0 Å². The van der Waals surface area contributed by atoms with Crippen LogP contribution in [0.2, 0.25) is 0 Å². The summed E-state index contributed by atoms with van der Waals surface area (Å²) in [5, 5.41) is 0. The van der Waals surface area contributed by atoms with Gasteiger partial charge in [-0.15, -0.1) is 0 Å². The van der Waals surface area contributed by atoms with Crippen LogP contribution in [0.25, 0.3) is 0 Å². The Morgan fingerprint density at radius 1 is 0.279 bits per heavy atom. The average molecular weight is 962 g/mol. The normalized spacial score (nSPS) is 12.0. The number of hydrogen-bond acceptors (Lipinski definition) is 6. The minimum Gasteiger partial charge on any atom is -0.462 e. The van der Waals surface area contributed by atoms with Gasteiger partial charge in [-0.3, -0.25) is 14.4 Å². The zero-order valence-corrected chi connectivity index (χ0v) is 46.6. The maximum atomic E-state index is 12.9. The summed E-state index contributed by atoms with van der Waals surface area (Å²) in [6.07, 6.45) is 62.4. The fourth-order valence-corrected chi connectivity index (χ4v) is 9.63. The fourth-order valence-electron chi connectivity index (χ4n) is 9.63. The number of ether oxygens (including phenoxy) is 3. The minimum absolute atomic E-state index is 0.0613. The van der Waals surface area contributed by atoms with Gasteiger partial charge in [-0.25, -0.2) is 0 Å². The van der Waals surface area contributed by atoms with Crippen molar-refractivity contribution < 1.29 is 28.6 Å². The molecule has 0 aliphatic carbocycles. The molecule has 0 fully saturated rings. The van der Waals surface area contributed by atoms with Crippen molar-refractivity contribution in [2.24, 2.45) is 5.92 Å². The van der Waals surface area contributed by atoms with Gasteiger partial charge in [-0.1, -0.05) is 317 Å². The number of carbonyl (C=O) groups excluding carboxylic acids is 3. The van der Waals surface area contributed by atoms with E-state index in [0.717, 1.165) is 63.7 Å². The first-order chi connectivity index (χ1) is 33.4. The highest BCUT2D eigenvalue weighted by atomic mass is 16.6. The lowest BCUT2D eigenvalue weighted by Gasteiger charge is -2.18. The van der Waals surface area contributed by atoms with Crippen LogP contribution < -0.4 is 0 Å². The van der Waals surface area contributed by atoms with Gasteiger partial charge in [0.1, 0.15) is 13.2 Å². The lowest BCUT2D eigenvalue weighted by atomic mass is 10.0. The predicted molar refractivity (Wildman–Crippen MR) is 293 cm³/mol. The zero-order chi connectivity index (χ0) is 49.5. The smallest absolute Gasteiger partial charge is 0.306 e. The van der Waals surface area contributed by atoms with E-state index in [1.165, 1.54) is 250 Å². The van der Waals surface area contributed by atoms with Crippen LogP contribution in [0.5, 0.6) is 0 Å². The second-order valence-corrected chi connectivity index (χ2v) is 21.8. The van der Waals surface area contributed by atoms with Crippen molar-refractivity contribution in [3.63, 3.8) is 0 Å². The third kappa shape index (κ3) is 55.3. The summed E-state index contributed by atoms with van der Waals surface area (Å²) in [6, 6.07) is 0. The monoisotopic (exact) mass is 961 g/mol. The van der Waals surface area contributed by atoms with Gasteiger partial charge in [-0.05, 0) is 25.2 Å². The Balaban J connectivity index is 4.27. The highest BCUT2D eigenvalue weighted by Crippen LogP contribution is 2.18. The van der Waals surface area contributed by atoms with Crippen LogP contribution in [0.3, 0.4) is 0 Å². The molecule has 0 saturated heterocycles. The Kier molecular flexibility index (Phi) is 55.0. The molecule has 1 atom stereocenters. The summed E-state index contributed by atoms with van der Waals surface area (Å²) in [5.41, 5.74) is 0. The van der Waals surface area contributed by atoms with E-state index in [4.69, 9.17) is 14.2 Å². The second kappa shape index (κ2) is 56.3. The number of carbonyl (C=O) groups is 3. The van der Waals surface area contributed by atoms with Crippen LogP contribution in [0.4, 0.5) is 0 Å². The maximum absolute atomic E-state index is 12.9. The summed E-state index contributed by atoms with van der Waals surface area (Å²) in [6.45, 7) is 9.09. The average Bonchev–Trinajstić information content (AvgIpc) is 3.32. The molecule has 0 amide bonds. The summed E-state index contributed by atoms with van der Waals surface area (Å²) in [5.74, 6) is 0.0217. The molecule has 6 nitrogen and oxygen atoms in total. The van der Waals surface area contributed by atoms with Crippen molar-refractivity contribution in [2.45, 2.75) is 361 Å². The Morgan fingerprint density at radius 2 is 0.485 bits per heavy atom. The Hall–Kier alpha value is -1.59. The van der Waals surface area contributed by atoms with Gasteiger partial charge in [0.15, 0.2) is 6.10 Å². The number of unbranched alkanes of at least 4 members (excludes halogenated alkanes) is 44. The van der Waals surface area contributed by atoms with Crippen LogP contribution >= 0.6 is 0 Å². The lowest BCUT2D eigenvalue weighted by molar-refractivity contribution is -0.167. The molecule has 68 heavy (non-hydrogen) atoms. The van der Waals surface area contributed by atoms with Crippen LogP contribution in [-0.4, -0.2) is 37.2 Å². The summed E-state index contributed by atoms with van der Waals surface area (Å²) in [4.78, 5) is 38.2. The summed E-state index contributed by atoms with van der Waals surface area (Å²) < 4.78 is 16.9. The van der Waals surface area contributed by atoms with E-state index in [0.29, 0.717) is 19.3 Å². The molecule has 0 saturated carbocycles. The van der Waals surface area contributed by atoms with Gasteiger partial charge < -0.3 is 14.2 Å². The van der Waals surface area contributed by atoms with E-state index in [2.05, 4.69) is 27.7 Å². The van der Waals surface area contributed by atoms with Crippen LogP contribution in [-0.2, 0) is 28.6 Å². The molecule has 0 unspecified atom stereocenters. The van der Waals surface area contributed by atoms with Crippen LogP contribution in [0.1, 0.15) is 355 Å². The maximum Gasteiger partial charge on any atom is 0.306 e. The predicted octanol–water partition coefficient (Wildman–Crippen LogP) is 20.6. The molecule has 0 spiro atoms. The lowest BCUT2D eigenvalue weighted by Crippen LogP contribution is -2.30. The molecule has 0 aromatic carbocycles. The first-order valence-electron chi connectivity index (χ1n) is 30.9. The fraction of sp³-hybridized carbons (Fsp3) is 0.952.